The van der Waals surface area contributed by atoms with E-state index in [-0.39, 0.29) is 41.7 Å². The highest BCUT2D eigenvalue weighted by Gasteiger charge is 2.57. The van der Waals surface area contributed by atoms with Crippen molar-refractivity contribution in [3.63, 3.8) is 0 Å². The molecule has 0 aromatic rings. The van der Waals surface area contributed by atoms with Crippen LogP contribution in [-0.4, -0.2) is 113 Å². The first-order valence-corrected chi connectivity index (χ1v) is 10.7. The average molecular weight is 436 g/mol. The zero-order valence-electron chi connectivity index (χ0n) is 18.7. The molecule has 172 valence electrons. The lowest BCUT2D eigenvalue weighted by molar-refractivity contribution is -0.161. The number of aliphatic carboxylic acids is 1. The molecule has 2 fully saturated rings. The van der Waals surface area contributed by atoms with Crippen LogP contribution in [0.3, 0.4) is 0 Å². The van der Waals surface area contributed by atoms with Crippen molar-refractivity contribution in [3.05, 3.63) is 11.3 Å². The summed E-state index contributed by atoms with van der Waals surface area (Å²) in [6.45, 7) is 3.94. The number of fused-ring (bicyclic) bond motifs is 1. The Kier molecular flexibility index (Phi) is 6.70. The number of amidine groups is 1. The predicted molar refractivity (Wildman–Crippen MR) is 113 cm³/mol. The number of carbonyl (C=O) groups is 3. The van der Waals surface area contributed by atoms with E-state index in [2.05, 4.69) is 0 Å². The third-order valence-corrected chi connectivity index (χ3v) is 6.66. The van der Waals surface area contributed by atoms with Crippen molar-refractivity contribution in [2.24, 2.45) is 11.8 Å². The highest BCUT2D eigenvalue weighted by atomic mass is 16.4. The maximum Gasteiger partial charge on any atom is 0.352 e. The number of rotatable bonds is 8. The molecule has 3 aliphatic heterocycles. The van der Waals surface area contributed by atoms with Crippen molar-refractivity contribution in [1.82, 2.24) is 19.6 Å². The Bertz CT molecular complexity index is 808. The Hall–Kier alpha value is -2.46. The fraction of sp³-hybridized carbons (Fsp3) is 0.714. The molecule has 3 N–H and O–H groups in total. The maximum absolute atomic E-state index is 12.4. The molecule has 0 radical (unpaired) electrons. The van der Waals surface area contributed by atoms with Gasteiger partial charge in [0.05, 0.1) is 24.5 Å². The van der Waals surface area contributed by atoms with Gasteiger partial charge in [0.15, 0.2) is 0 Å². The molecular weight excluding hydrogens is 402 g/mol. The highest BCUT2D eigenvalue weighted by molar-refractivity contribution is 6.00. The normalized spacial score (nSPS) is 26.3. The lowest BCUT2D eigenvalue weighted by Gasteiger charge is -2.44. The number of carbonyl (C=O) groups excluding carboxylic acids is 2. The summed E-state index contributed by atoms with van der Waals surface area (Å²) < 4.78 is 0. The van der Waals surface area contributed by atoms with Gasteiger partial charge >= 0.3 is 5.97 Å². The molecule has 10 heteroatoms. The standard InChI is InChI=1S/C21H33N5O5/c1-12(27)18-15-9-14(19(21(30)31)26(15)20(18)29)13-5-6-25(11-13)16(22)10-17(28)24(4)8-7-23(2)3/h12-13,15,18,22,27H,5-11H2,1-4H3,(H,30,31)/t12-,13-,15-,18-/m1/s1. The molecule has 0 aromatic carbocycles. The molecule has 0 aliphatic carbocycles. The molecule has 0 bridgehead atoms. The number of nitrogens with one attached hydrogen (secondary N) is 1. The average Bonchev–Trinajstić information content (AvgIpc) is 3.28. The Morgan fingerprint density at radius 1 is 1.26 bits per heavy atom. The van der Waals surface area contributed by atoms with Crippen LogP contribution >= 0.6 is 0 Å². The molecule has 2 saturated heterocycles. The van der Waals surface area contributed by atoms with Crippen LogP contribution in [0.25, 0.3) is 0 Å². The number of likely N-dealkylation sites (N-methyl/N-ethyl adjacent to an activating group) is 2. The van der Waals surface area contributed by atoms with E-state index in [4.69, 9.17) is 5.41 Å². The summed E-state index contributed by atoms with van der Waals surface area (Å²) in [7, 11) is 5.61. The molecule has 31 heavy (non-hydrogen) atoms. The van der Waals surface area contributed by atoms with Crippen molar-refractivity contribution < 1.29 is 24.6 Å². The highest BCUT2D eigenvalue weighted by Crippen LogP contribution is 2.47. The number of aliphatic hydroxyl groups excluding tert-OH is 1. The summed E-state index contributed by atoms with van der Waals surface area (Å²) in [5.74, 6) is -1.97. The van der Waals surface area contributed by atoms with E-state index in [1.807, 2.05) is 23.9 Å². The Balaban J connectivity index is 1.63. The van der Waals surface area contributed by atoms with E-state index >= 15 is 0 Å². The third-order valence-electron chi connectivity index (χ3n) is 6.66. The Morgan fingerprint density at radius 2 is 1.94 bits per heavy atom. The summed E-state index contributed by atoms with van der Waals surface area (Å²) >= 11 is 0. The monoisotopic (exact) mass is 435 g/mol. The number of likely N-dealkylation sites (tertiary alicyclic amines) is 1. The van der Waals surface area contributed by atoms with Crippen LogP contribution in [0.15, 0.2) is 11.3 Å². The van der Waals surface area contributed by atoms with Gasteiger partial charge in [-0.1, -0.05) is 0 Å². The van der Waals surface area contributed by atoms with Crippen LogP contribution < -0.4 is 0 Å². The first-order valence-electron chi connectivity index (χ1n) is 10.7. The van der Waals surface area contributed by atoms with Crippen LogP contribution in [0.4, 0.5) is 0 Å². The van der Waals surface area contributed by atoms with Crippen LogP contribution in [0.5, 0.6) is 0 Å². The van der Waals surface area contributed by atoms with Gasteiger partial charge in [-0.2, -0.15) is 0 Å². The van der Waals surface area contributed by atoms with Gasteiger partial charge in [-0.25, -0.2) is 4.79 Å². The summed E-state index contributed by atoms with van der Waals surface area (Å²) in [6, 6.07) is -0.297. The number of hydrogen-bond acceptors (Lipinski definition) is 6. The molecule has 0 aromatic heterocycles. The third kappa shape index (κ3) is 4.45. The molecule has 0 saturated carbocycles. The molecule has 3 heterocycles. The SMILES string of the molecule is C[C@@H](O)[C@H]1C(=O)N2C(C(=O)O)=C([C@@H]3CCN(C(=N)CC(=O)N(C)CCN(C)C)C3)C[C@H]12. The second-order valence-corrected chi connectivity index (χ2v) is 9.10. The minimum absolute atomic E-state index is 0.0127. The van der Waals surface area contributed by atoms with Crippen LogP contribution in [0.1, 0.15) is 26.2 Å². The van der Waals surface area contributed by atoms with Crippen LogP contribution in [-0.2, 0) is 14.4 Å². The zero-order valence-corrected chi connectivity index (χ0v) is 18.7. The van der Waals surface area contributed by atoms with Gasteiger partial charge in [0.1, 0.15) is 11.5 Å². The van der Waals surface area contributed by atoms with E-state index in [1.165, 1.54) is 4.90 Å². The number of carboxylic acid groups (broad SMARTS) is 1. The van der Waals surface area contributed by atoms with Gasteiger partial charge in [-0.3, -0.25) is 15.0 Å². The number of nitrogens with zero attached hydrogens (tertiary/aromatic N) is 4. The summed E-state index contributed by atoms with van der Waals surface area (Å²) in [4.78, 5) is 43.5. The van der Waals surface area contributed by atoms with Gasteiger partial charge < -0.3 is 29.8 Å². The minimum atomic E-state index is -1.12. The van der Waals surface area contributed by atoms with Crippen molar-refractivity contribution >= 4 is 23.6 Å². The summed E-state index contributed by atoms with van der Waals surface area (Å²) in [6.07, 6.45) is 0.319. The molecule has 3 rings (SSSR count). The van der Waals surface area contributed by atoms with Gasteiger partial charge in [-0.05, 0) is 39.4 Å². The van der Waals surface area contributed by atoms with Crippen molar-refractivity contribution in [3.8, 4) is 0 Å². The molecule has 10 nitrogen and oxygen atoms in total. The van der Waals surface area contributed by atoms with Gasteiger partial charge in [0.2, 0.25) is 11.8 Å². The van der Waals surface area contributed by atoms with Crippen LogP contribution in [0.2, 0.25) is 0 Å². The molecule has 4 atom stereocenters. The summed E-state index contributed by atoms with van der Waals surface area (Å²) in [5, 5.41) is 28.0. The second kappa shape index (κ2) is 8.96. The Morgan fingerprint density at radius 3 is 2.52 bits per heavy atom. The Labute approximate surface area is 182 Å². The number of aliphatic hydroxyl groups is 1. The van der Waals surface area contributed by atoms with E-state index < -0.39 is 18.0 Å². The number of amides is 2. The van der Waals surface area contributed by atoms with Gasteiger partial charge in [0, 0.05) is 39.1 Å². The quantitative estimate of drug-likeness (QED) is 0.270. The molecule has 3 aliphatic rings. The smallest absolute Gasteiger partial charge is 0.352 e. The molecular formula is C21H33N5O5. The number of hydrogen-bond donors (Lipinski definition) is 3. The second-order valence-electron chi connectivity index (χ2n) is 9.10. The topological polar surface area (TPSA) is 128 Å². The van der Waals surface area contributed by atoms with Crippen molar-refractivity contribution in [2.45, 2.75) is 38.3 Å². The van der Waals surface area contributed by atoms with Crippen molar-refractivity contribution in [2.75, 3.05) is 47.3 Å². The molecule has 0 unspecified atom stereocenters. The number of β-lactam (4-membered cyclic amide) rings is 1. The summed E-state index contributed by atoms with van der Waals surface area (Å²) in [5.41, 5.74) is 0.767. The minimum Gasteiger partial charge on any atom is -0.477 e. The lowest BCUT2D eigenvalue weighted by atomic mass is 9.82. The maximum atomic E-state index is 12.4. The first-order chi connectivity index (χ1) is 14.5. The lowest BCUT2D eigenvalue weighted by Crippen LogP contribution is -2.61. The fourth-order valence-electron chi connectivity index (χ4n) is 4.82. The van der Waals surface area contributed by atoms with E-state index in [0.717, 1.165) is 12.1 Å². The molecule has 0 spiro atoms. The van der Waals surface area contributed by atoms with E-state index in [9.17, 15) is 24.6 Å². The number of carboxylic acids is 1. The zero-order chi connectivity index (χ0) is 23.0. The first kappa shape index (κ1) is 23.2. The molecule has 2 amide bonds. The van der Waals surface area contributed by atoms with Crippen LogP contribution in [0, 0.1) is 17.2 Å². The largest absolute Gasteiger partial charge is 0.477 e. The van der Waals surface area contributed by atoms with Gasteiger partial charge in [-0.15, -0.1) is 0 Å². The van der Waals surface area contributed by atoms with Gasteiger partial charge in [0.25, 0.3) is 0 Å². The van der Waals surface area contributed by atoms with E-state index in [1.54, 1.807) is 18.9 Å². The van der Waals surface area contributed by atoms with E-state index in [0.29, 0.717) is 32.5 Å². The van der Waals surface area contributed by atoms with Crippen molar-refractivity contribution in [1.29, 1.82) is 5.41 Å². The predicted octanol–water partition coefficient (Wildman–Crippen LogP) is -0.354. The fourth-order valence-corrected chi connectivity index (χ4v) is 4.82.